The van der Waals surface area contributed by atoms with Crippen molar-refractivity contribution in [3.63, 3.8) is 0 Å². The van der Waals surface area contributed by atoms with Gasteiger partial charge in [-0.05, 0) is 114 Å². The lowest BCUT2D eigenvalue weighted by atomic mass is 9.98. The zero-order valence-corrected chi connectivity index (χ0v) is 42.0. The van der Waals surface area contributed by atoms with Gasteiger partial charge in [0.1, 0.15) is 34.7 Å². The first-order valence-electron chi connectivity index (χ1n) is 24.2. The van der Waals surface area contributed by atoms with Crippen LogP contribution in [0.15, 0.2) is 66.7 Å². The second-order valence-electron chi connectivity index (χ2n) is 19.7. The highest BCUT2D eigenvalue weighted by Gasteiger charge is 2.41. The minimum atomic E-state index is -0.863. The van der Waals surface area contributed by atoms with E-state index in [4.69, 9.17) is 30.9 Å². The number of hydrogen-bond donors (Lipinski definition) is 1. The summed E-state index contributed by atoms with van der Waals surface area (Å²) in [5, 5.41) is 10.0. The van der Waals surface area contributed by atoms with Gasteiger partial charge in [0, 0.05) is 91.5 Å². The van der Waals surface area contributed by atoms with Gasteiger partial charge >= 0.3 is 5.97 Å². The molecule has 0 spiro atoms. The van der Waals surface area contributed by atoms with Gasteiger partial charge in [0.25, 0.3) is 11.8 Å². The number of hydrogen-bond acceptors (Lipinski definition) is 10. The number of nitrogens with one attached hydrogen (secondary N) is 1. The number of piperazine rings is 1. The number of halogens is 2. The number of aromatic nitrogens is 3. The van der Waals surface area contributed by atoms with Crippen LogP contribution in [0.1, 0.15) is 90.3 Å². The highest BCUT2D eigenvalue weighted by atomic mass is 35.5. The Bertz CT molecular complexity index is 3110. The van der Waals surface area contributed by atoms with Gasteiger partial charge in [-0.2, -0.15) is 5.10 Å². The van der Waals surface area contributed by atoms with Crippen LogP contribution < -0.4 is 14.8 Å². The van der Waals surface area contributed by atoms with Crippen molar-refractivity contribution in [1.82, 2.24) is 34.4 Å². The fourth-order valence-corrected chi connectivity index (χ4v) is 10.5. The molecule has 5 heterocycles. The molecule has 2 saturated heterocycles. The average Bonchev–Trinajstić information content (AvgIpc) is 3.92. The Balaban J connectivity index is 0.946. The van der Waals surface area contributed by atoms with Crippen LogP contribution in [-0.2, 0) is 45.7 Å². The van der Waals surface area contributed by atoms with Gasteiger partial charge in [-0.15, -0.1) is 0 Å². The van der Waals surface area contributed by atoms with Crippen molar-refractivity contribution in [2.45, 2.75) is 98.1 Å². The van der Waals surface area contributed by atoms with Crippen LogP contribution in [0.2, 0.25) is 5.02 Å². The Morgan fingerprint density at radius 1 is 0.930 bits per heavy atom. The second kappa shape index (κ2) is 19.8. The van der Waals surface area contributed by atoms with Crippen molar-refractivity contribution in [1.29, 1.82) is 0 Å². The smallest absolute Gasteiger partial charge is 0.355 e. The molecule has 2 fully saturated rings. The van der Waals surface area contributed by atoms with Gasteiger partial charge in [-0.25, -0.2) is 9.18 Å². The molecular formula is C54H59ClFN7O8. The summed E-state index contributed by atoms with van der Waals surface area (Å²) >= 11 is 7.21. The quantitative estimate of drug-likeness (QED) is 0.0646. The predicted octanol–water partition coefficient (Wildman–Crippen LogP) is 7.94. The third-order valence-electron chi connectivity index (χ3n) is 13.8. The summed E-state index contributed by atoms with van der Waals surface area (Å²) in [6, 6.07) is 18.4. The van der Waals surface area contributed by atoms with E-state index in [1.54, 1.807) is 36.1 Å². The van der Waals surface area contributed by atoms with Crippen molar-refractivity contribution in [3.8, 4) is 22.6 Å². The van der Waals surface area contributed by atoms with Gasteiger partial charge in [0.2, 0.25) is 11.8 Å². The van der Waals surface area contributed by atoms with Gasteiger partial charge in [0.15, 0.2) is 6.10 Å². The Morgan fingerprint density at radius 3 is 2.38 bits per heavy atom. The van der Waals surface area contributed by atoms with Crippen molar-refractivity contribution in [3.05, 3.63) is 111 Å². The van der Waals surface area contributed by atoms with Crippen molar-refractivity contribution < 1.29 is 42.6 Å². The Morgan fingerprint density at radius 2 is 1.66 bits per heavy atom. The normalized spacial score (nSPS) is 17.0. The Hall–Kier alpha value is -6.78. The topological polar surface area (TPSA) is 158 Å². The maximum Gasteiger partial charge on any atom is 0.355 e. The molecule has 6 aromatic rings. The number of ether oxygens (including phenoxy) is 3. The fraction of sp³-hybridized carbons (Fsp3) is 0.407. The largest absolute Gasteiger partial charge is 0.493 e. The van der Waals surface area contributed by atoms with E-state index in [0.717, 1.165) is 49.8 Å². The number of benzene rings is 4. The van der Waals surface area contributed by atoms with Crippen LogP contribution >= 0.6 is 11.6 Å². The maximum atomic E-state index is 14.7. The molecule has 2 aromatic heterocycles. The maximum absolute atomic E-state index is 14.7. The average molecular weight is 989 g/mol. The van der Waals surface area contributed by atoms with Crippen LogP contribution in [0.25, 0.3) is 32.8 Å². The number of nitrogens with zero attached hydrogens (tertiary/aromatic N) is 6. The molecule has 3 aliphatic rings. The third kappa shape index (κ3) is 9.83. The number of carbonyl (C=O) groups excluding carboxylic acids is 5. The molecule has 0 saturated carbocycles. The lowest BCUT2D eigenvalue weighted by Crippen LogP contribution is -2.52. The Kier molecular flexibility index (Phi) is 13.7. The molecule has 4 amide bonds. The predicted molar refractivity (Wildman–Crippen MR) is 267 cm³/mol. The summed E-state index contributed by atoms with van der Waals surface area (Å²) < 4.78 is 36.7. The van der Waals surface area contributed by atoms with E-state index in [-0.39, 0.29) is 42.9 Å². The van der Waals surface area contributed by atoms with E-state index in [9.17, 15) is 28.4 Å². The summed E-state index contributed by atoms with van der Waals surface area (Å²) in [5.74, 6) is -1.09. The molecule has 0 aliphatic carbocycles. The van der Waals surface area contributed by atoms with Gasteiger partial charge < -0.3 is 28.6 Å². The summed E-state index contributed by atoms with van der Waals surface area (Å²) in [7, 11) is 1.90. The molecule has 0 bridgehead atoms. The van der Waals surface area contributed by atoms with E-state index in [2.05, 4.69) is 14.8 Å². The SMILES string of the molecule is Cc1nn(C)c(C)c1-c1c(Cl)ccc2c(CCCOc3cccc4cc(F)ccc34)c(C(=O)OC(C)(C)C)n(CCN3CCN(C(=O)[C@H](C)Oc4cccc5c4CN([C@H]4CCC(=O)NC4=O)C5=O)CC3)c12. The number of rotatable bonds is 14. The summed E-state index contributed by atoms with van der Waals surface area (Å²) in [6.45, 7) is 14.6. The molecule has 1 N–H and O–H groups in total. The number of amides is 4. The number of imide groups is 1. The van der Waals surface area contributed by atoms with Crippen molar-refractivity contribution >= 4 is 62.9 Å². The minimum Gasteiger partial charge on any atom is -0.493 e. The van der Waals surface area contributed by atoms with Crippen LogP contribution in [0.5, 0.6) is 11.5 Å². The molecular weight excluding hydrogens is 929 g/mol. The lowest BCUT2D eigenvalue weighted by molar-refractivity contribution is -0.140. The van der Waals surface area contributed by atoms with E-state index < -0.39 is 29.6 Å². The number of aryl methyl sites for hydroxylation is 3. The van der Waals surface area contributed by atoms with E-state index in [1.165, 1.54) is 17.0 Å². The number of esters is 1. The van der Waals surface area contributed by atoms with Crippen LogP contribution in [0.4, 0.5) is 4.39 Å². The molecule has 0 radical (unpaired) electrons. The minimum absolute atomic E-state index is 0.129. The van der Waals surface area contributed by atoms with Crippen LogP contribution in [0, 0.1) is 19.7 Å². The lowest BCUT2D eigenvalue weighted by Gasteiger charge is -2.36. The first-order chi connectivity index (χ1) is 33.9. The number of fused-ring (bicyclic) bond motifs is 3. The third-order valence-corrected chi connectivity index (χ3v) is 14.1. The van der Waals surface area contributed by atoms with Crippen molar-refractivity contribution in [2.24, 2.45) is 7.05 Å². The summed E-state index contributed by atoms with van der Waals surface area (Å²) in [4.78, 5) is 72.0. The summed E-state index contributed by atoms with van der Waals surface area (Å²) in [6.07, 6.45) is 0.558. The molecule has 9 rings (SSSR count). The molecule has 372 valence electrons. The first kappa shape index (κ1) is 49.2. The standard InChI is InChI=1S/C54H59ClFN7O8/c1-31-46(32(2)59(7)58-31)47-41(55)19-18-38-37(13-10-28-69-43-14-8-11-34-29-35(56)16-17-36(34)43)49(53(68)71-54(4,5)6)62(48(38)47)27-24-60-22-25-61(26-23-60)51(66)33(3)70-44-15-9-12-39-40(44)30-63(52(39)67)42-20-21-45(64)57-50(42)65/h8-9,11-12,14-19,29,33,42H,10,13,20-28,30H2,1-7H3,(H,57,64,65)/t33-,42-/m0/s1. The zero-order chi connectivity index (χ0) is 50.5. The number of carbonyl (C=O) groups is 5. The van der Waals surface area contributed by atoms with E-state index in [1.807, 2.05) is 76.7 Å². The molecule has 3 aliphatic heterocycles. The molecule has 2 atom stereocenters. The monoisotopic (exact) mass is 987 g/mol. The van der Waals surface area contributed by atoms with Gasteiger partial charge in [-0.3, -0.25) is 34.1 Å². The molecule has 71 heavy (non-hydrogen) atoms. The van der Waals surface area contributed by atoms with Crippen LogP contribution in [0.3, 0.4) is 0 Å². The molecule has 17 heteroatoms. The highest BCUT2D eigenvalue weighted by Crippen LogP contribution is 2.43. The number of piperidine rings is 1. The second-order valence-corrected chi connectivity index (χ2v) is 20.1. The van der Waals surface area contributed by atoms with Gasteiger partial charge in [0.05, 0.1) is 29.4 Å². The van der Waals surface area contributed by atoms with Crippen LogP contribution in [-0.4, -0.2) is 116 Å². The molecule has 0 unspecified atom stereocenters. The zero-order valence-electron chi connectivity index (χ0n) is 41.2. The molecule has 15 nitrogen and oxygen atoms in total. The highest BCUT2D eigenvalue weighted by molar-refractivity contribution is 6.35. The summed E-state index contributed by atoms with van der Waals surface area (Å²) in [5.41, 5.74) is 5.67. The van der Waals surface area contributed by atoms with E-state index in [0.29, 0.717) is 92.1 Å². The fourth-order valence-electron chi connectivity index (χ4n) is 10.3. The van der Waals surface area contributed by atoms with Crippen molar-refractivity contribution in [2.75, 3.05) is 39.3 Å². The first-order valence-corrected chi connectivity index (χ1v) is 24.6. The van der Waals surface area contributed by atoms with Gasteiger partial charge in [-0.1, -0.05) is 35.9 Å². The van der Waals surface area contributed by atoms with E-state index >= 15 is 0 Å². The molecule has 4 aromatic carbocycles. The Labute approximate surface area is 416 Å².